The van der Waals surface area contributed by atoms with Gasteiger partial charge in [0.25, 0.3) is 0 Å². The summed E-state index contributed by atoms with van der Waals surface area (Å²) in [5, 5.41) is 7.78. The highest BCUT2D eigenvalue weighted by Crippen LogP contribution is 2.26. The molecule has 1 saturated heterocycles. The Hall–Kier alpha value is -2.64. The van der Waals surface area contributed by atoms with E-state index in [1.807, 2.05) is 35.0 Å². The Balaban J connectivity index is 1.61. The van der Waals surface area contributed by atoms with Crippen LogP contribution in [0.4, 0.5) is 11.5 Å². The Kier molecular flexibility index (Phi) is 5.22. The summed E-state index contributed by atoms with van der Waals surface area (Å²) in [5.74, 6) is 1.60. The third kappa shape index (κ3) is 4.04. The predicted octanol–water partition coefficient (Wildman–Crippen LogP) is 2.79. The van der Waals surface area contributed by atoms with Crippen LogP contribution in [0.1, 0.15) is 24.8 Å². The molecule has 0 unspecified atom stereocenters. The number of nitrogens with two attached hydrogens (primary N) is 1. The largest absolute Gasteiger partial charge is 0.497 e. The molecular formula is C20H26N6O. The number of aromatic nitrogens is 3. The lowest BCUT2D eigenvalue weighted by molar-refractivity contribution is 0.277. The zero-order valence-corrected chi connectivity index (χ0v) is 15.6. The molecule has 1 aliphatic heterocycles. The number of nitrogens with one attached hydrogen (secondary N) is 1. The third-order valence-corrected chi connectivity index (χ3v) is 5.13. The van der Waals surface area contributed by atoms with E-state index in [1.54, 1.807) is 13.4 Å². The van der Waals surface area contributed by atoms with Crippen molar-refractivity contribution in [2.45, 2.75) is 31.8 Å². The molecule has 0 radical (unpaired) electrons. The van der Waals surface area contributed by atoms with Gasteiger partial charge in [-0.15, -0.1) is 0 Å². The molecular weight excluding hydrogens is 340 g/mol. The highest BCUT2D eigenvalue weighted by molar-refractivity contribution is 5.76. The summed E-state index contributed by atoms with van der Waals surface area (Å²) in [4.78, 5) is 6.97. The maximum absolute atomic E-state index is 6.12. The van der Waals surface area contributed by atoms with Crippen LogP contribution < -0.4 is 15.8 Å². The second kappa shape index (κ2) is 7.94. The molecule has 1 aromatic carbocycles. The first kappa shape index (κ1) is 17.8. The molecule has 0 amide bonds. The van der Waals surface area contributed by atoms with Gasteiger partial charge < -0.3 is 15.8 Å². The first-order valence-electron chi connectivity index (χ1n) is 9.43. The molecule has 1 fully saturated rings. The van der Waals surface area contributed by atoms with E-state index < -0.39 is 0 Å². The lowest BCUT2D eigenvalue weighted by Crippen LogP contribution is -2.26. The number of benzene rings is 1. The van der Waals surface area contributed by atoms with Crippen molar-refractivity contribution >= 4 is 17.0 Å². The van der Waals surface area contributed by atoms with Gasteiger partial charge in [0, 0.05) is 30.5 Å². The number of nitrogens with zero attached hydrogens (tertiary/aromatic N) is 4. The molecule has 3 heterocycles. The average Bonchev–Trinajstić information content (AvgIpc) is 2.98. The van der Waals surface area contributed by atoms with Crippen molar-refractivity contribution in [3.8, 4) is 5.75 Å². The number of fused-ring (bicyclic) bond motifs is 1. The van der Waals surface area contributed by atoms with Crippen molar-refractivity contribution in [2.24, 2.45) is 5.73 Å². The normalized spacial score (nSPS) is 18.4. The Labute approximate surface area is 159 Å². The molecule has 2 aromatic heterocycles. The maximum Gasteiger partial charge on any atom is 0.158 e. The van der Waals surface area contributed by atoms with Crippen LogP contribution in [0.2, 0.25) is 0 Å². The molecule has 1 atom stereocenters. The van der Waals surface area contributed by atoms with Crippen LogP contribution in [0.25, 0.3) is 5.52 Å². The number of ether oxygens (including phenoxy) is 1. The summed E-state index contributed by atoms with van der Waals surface area (Å²) in [7, 11) is 1.67. The van der Waals surface area contributed by atoms with E-state index in [0.29, 0.717) is 6.04 Å². The predicted molar refractivity (Wildman–Crippen MR) is 106 cm³/mol. The second-order valence-corrected chi connectivity index (χ2v) is 7.07. The molecule has 0 aliphatic carbocycles. The molecule has 3 aromatic rings. The minimum atomic E-state index is 0.328. The van der Waals surface area contributed by atoms with Crippen LogP contribution >= 0.6 is 0 Å². The standard InChI is InChI=1S/C20H26N6O/c1-27-18-6-2-5-17(12-18)24-20-19-15(7-11-26(19)23-14-22-20)13-25-9-3-4-16(21)8-10-25/h2,5-7,11-12,14,16H,3-4,8-10,13,21H2,1H3,(H,22,23,24)/t16-/m1/s1. The topological polar surface area (TPSA) is 80.7 Å². The zero-order valence-electron chi connectivity index (χ0n) is 15.6. The van der Waals surface area contributed by atoms with Gasteiger partial charge in [0.15, 0.2) is 5.82 Å². The van der Waals surface area contributed by atoms with Crippen LogP contribution in [0.3, 0.4) is 0 Å². The highest BCUT2D eigenvalue weighted by Gasteiger charge is 2.17. The number of hydrogen-bond donors (Lipinski definition) is 2. The summed E-state index contributed by atoms with van der Waals surface area (Å²) in [6, 6.07) is 10.3. The molecule has 0 saturated carbocycles. The van der Waals surface area contributed by atoms with Crippen molar-refractivity contribution in [3.05, 3.63) is 48.4 Å². The van der Waals surface area contributed by atoms with Gasteiger partial charge in [-0.05, 0) is 56.1 Å². The molecule has 7 nitrogen and oxygen atoms in total. The Morgan fingerprint density at radius 2 is 2.19 bits per heavy atom. The monoisotopic (exact) mass is 366 g/mol. The van der Waals surface area contributed by atoms with E-state index in [2.05, 4.69) is 26.4 Å². The van der Waals surface area contributed by atoms with Gasteiger partial charge in [0.2, 0.25) is 0 Å². The van der Waals surface area contributed by atoms with Gasteiger partial charge >= 0.3 is 0 Å². The summed E-state index contributed by atoms with van der Waals surface area (Å²) >= 11 is 0. The molecule has 3 N–H and O–H groups in total. The van der Waals surface area contributed by atoms with Crippen LogP contribution in [0.5, 0.6) is 5.75 Å². The summed E-state index contributed by atoms with van der Waals surface area (Å²) in [6.07, 6.45) is 6.88. The third-order valence-electron chi connectivity index (χ3n) is 5.13. The van der Waals surface area contributed by atoms with Gasteiger partial charge in [0.05, 0.1) is 7.11 Å². The summed E-state index contributed by atoms with van der Waals surface area (Å²) < 4.78 is 7.20. The molecule has 0 bridgehead atoms. The average molecular weight is 366 g/mol. The quantitative estimate of drug-likeness (QED) is 0.723. The fraction of sp³-hybridized carbons (Fsp3) is 0.400. The van der Waals surface area contributed by atoms with E-state index in [0.717, 1.165) is 61.7 Å². The minimum absolute atomic E-state index is 0.328. The summed E-state index contributed by atoms with van der Waals surface area (Å²) in [6.45, 7) is 2.99. The highest BCUT2D eigenvalue weighted by atomic mass is 16.5. The van der Waals surface area contributed by atoms with Crippen LogP contribution in [-0.2, 0) is 6.54 Å². The minimum Gasteiger partial charge on any atom is -0.497 e. The fourth-order valence-electron chi connectivity index (χ4n) is 3.66. The van der Waals surface area contributed by atoms with Gasteiger partial charge in [-0.2, -0.15) is 5.10 Å². The number of hydrogen-bond acceptors (Lipinski definition) is 6. The fourth-order valence-corrected chi connectivity index (χ4v) is 3.66. The van der Waals surface area contributed by atoms with Crippen LogP contribution in [0.15, 0.2) is 42.9 Å². The van der Waals surface area contributed by atoms with E-state index in [1.165, 1.54) is 5.56 Å². The van der Waals surface area contributed by atoms with Gasteiger partial charge in [-0.25, -0.2) is 9.50 Å². The number of methoxy groups -OCH3 is 1. The molecule has 7 heteroatoms. The van der Waals surface area contributed by atoms with Crippen molar-refractivity contribution in [1.82, 2.24) is 19.5 Å². The lowest BCUT2D eigenvalue weighted by atomic mass is 10.1. The van der Waals surface area contributed by atoms with Gasteiger partial charge in [0.1, 0.15) is 17.6 Å². The van der Waals surface area contributed by atoms with Crippen molar-refractivity contribution < 1.29 is 4.74 Å². The van der Waals surface area contributed by atoms with Crippen LogP contribution in [-0.4, -0.2) is 45.7 Å². The molecule has 27 heavy (non-hydrogen) atoms. The van der Waals surface area contributed by atoms with Crippen molar-refractivity contribution in [2.75, 3.05) is 25.5 Å². The maximum atomic E-state index is 6.12. The smallest absolute Gasteiger partial charge is 0.158 e. The van der Waals surface area contributed by atoms with Crippen molar-refractivity contribution in [1.29, 1.82) is 0 Å². The van der Waals surface area contributed by atoms with Gasteiger partial charge in [-0.1, -0.05) is 6.07 Å². The van der Waals surface area contributed by atoms with E-state index >= 15 is 0 Å². The zero-order chi connectivity index (χ0) is 18.6. The molecule has 4 rings (SSSR count). The van der Waals surface area contributed by atoms with E-state index in [4.69, 9.17) is 10.5 Å². The van der Waals surface area contributed by atoms with E-state index in [9.17, 15) is 0 Å². The Morgan fingerprint density at radius 1 is 1.26 bits per heavy atom. The van der Waals surface area contributed by atoms with Crippen LogP contribution in [0, 0.1) is 0 Å². The molecule has 142 valence electrons. The summed E-state index contributed by atoms with van der Waals surface area (Å²) in [5.41, 5.74) is 9.28. The lowest BCUT2D eigenvalue weighted by Gasteiger charge is -2.20. The SMILES string of the molecule is COc1cccc(Nc2ncnn3ccc(CN4CCC[C@@H](N)CC4)c23)c1. The Bertz CT molecular complexity index is 908. The Morgan fingerprint density at radius 3 is 3.07 bits per heavy atom. The number of anilines is 2. The van der Waals surface area contributed by atoms with Gasteiger partial charge in [-0.3, -0.25) is 4.90 Å². The number of likely N-dealkylation sites (tertiary alicyclic amines) is 1. The molecule has 1 aliphatic rings. The molecule has 0 spiro atoms. The van der Waals surface area contributed by atoms with Crippen molar-refractivity contribution in [3.63, 3.8) is 0 Å². The second-order valence-electron chi connectivity index (χ2n) is 7.07. The number of rotatable bonds is 5. The van der Waals surface area contributed by atoms with E-state index in [-0.39, 0.29) is 0 Å². The first-order valence-corrected chi connectivity index (χ1v) is 9.43. The first-order chi connectivity index (χ1) is 13.2.